The van der Waals surface area contributed by atoms with Gasteiger partial charge in [0, 0.05) is 0 Å². The maximum Gasteiger partial charge on any atom is 0.0827 e. The average molecular weight is 140 g/mol. The maximum absolute atomic E-state index is 8.68. The van der Waals surface area contributed by atoms with Crippen molar-refractivity contribution in [3.63, 3.8) is 0 Å². The van der Waals surface area contributed by atoms with Crippen LogP contribution in [-0.2, 0) is 0 Å². The van der Waals surface area contributed by atoms with Crippen molar-refractivity contribution in [3.05, 3.63) is 23.7 Å². The van der Waals surface area contributed by atoms with Crippen molar-refractivity contribution in [1.82, 2.24) is 0 Å². The van der Waals surface area contributed by atoms with Gasteiger partial charge in [0.15, 0.2) is 0 Å². The van der Waals surface area contributed by atoms with Gasteiger partial charge in [-0.05, 0) is 36.8 Å². The standard InChI is InChI=1S/C8H12O2/c9-5-7-3-1-2-4-8(7)6-10/h5-6,9-10H,1-4H2. The summed E-state index contributed by atoms with van der Waals surface area (Å²) >= 11 is 0. The predicted molar refractivity (Wildman–Crippen MR) is 39.9 cm³/mol. The molecular formula is C8H12O2. The molecule has 0 amide bonds. The molecule has 2 heteroatoms. The first-order valence-electron chi connectivity index (χ1n) is 3.55. The first kappa shape index (κ1) is 7.19. The van der Waals surface area contributed by atoms with Crippen molar-refractivity contribution in [3.8, 4) is 0 Å². The highest BCUT2D eigenvalue weighted by atomic mass is 16.2. The Hall–Kier alpha value is -0.920. The Bertz CT molecular complexity index is 148. The van der Waals surface area contributed by atoms with E-state index in [4.69, 9.17) is 10.2 Å². The summed E-state index contributed by atoms with van der Waals surface area (Å²) in [6, 6.07) is 0. The number of rotatable bonds is 0. The van der Waals surface area contributed by atoms with E-state index in [1.807, 2.05) is 0 Å². The Morgan fingerprint density at radius 1 is 0.900 bits per heavy atom. The largest absolute Gasteiger partial charge is 0.515 e. The van der Waals surface area contributed by atoms with Crippen LogP contribution in [0.3, 0.4) is 0 Å². The van der Waals surface area contributed by atoms with Gasteiger partial charge in [0.2, 0.25) is 0 Å². The van der Waals surface area contributed by atoms with E-state index < -0.39 is 0 Å². The van der Waals surface area contributed by atoms with Gasteiger partial charge in [-0.25, -0.2) is 0 Å². The molecule has 2 nitrogen and oxygen atoms in total. The molecule has 1 fully saturated rings. The molecule has 0 heterocycles. The van der Waals surface area contributed by atoms with E-state index in [9.17, 15) is 0 Å². The van der Waals surface area contributed by atoms with Gasteiger partial charge >= 0.3 is 0 Å². The van der Waals surface area contributed by atoms with E-state index >= 15 is 0 Å². The molecule has 0 aromatic heterocycles. The lowest BCUT2D eigenvalue weighted by Gasteiger charge is -2.14. The molecule has 2 N–H and O–H groups in total. The van der Waals surface area contributed by atoms with Crippen molar-refractivity contribution >= 4 is 0 Å². The molecule has 10 heavy (non-hydrogen) atoms. The van der Waals surface area contributed by atoms with Crippen LogP contribution >= 0.6 is 0 Å². The number of aliphatic hydroxyl groups is 2. The minimum absolute atomic E-state index is 0.883. The molecule has 0 aromatic carbocycles. The van der Waals surface area contributed by atoms with Crippen LogP contribution in [0.25, 0.3) is 0 Å². The average Bonchev–Trinajstić information content (AvgIpc) is 2.04. The minimum Gasteiger partial charge on any atom is -0.515 e. The fraction of sp³-hybridized carbons (Fsp3) is 0.500. The topological polar surface area (TPSA) is 40.5 Å². The summed E-state index contributed by atoms with van der Waals surface area (Å²) < 4.78 is 0. The van der Waals surface area contributed by atoms with Crippen LogP contribution in [0, 0.1) is 0 Å². The number of hydrogen-bond donors (Lipinski definition) is 2. The smallest absolute Gasteiger partial charge is 0.0827 e. The Morgan fingerprint density at radius 3 is 1.60 bits per heavy atom. The summed E-state index contributed by atoms with van der Waals surface area (Å²) in [6.07, 6.45) is 6.21. The zero-order chi connectivity index (χ0) is 7.40. The summed E-state index contributed by atoms with van der Waals surface area (Å²) in [4.78, 5) is 0. The van der Waals surface area contributed by atoms with E-state index in [-0.39, 0.29) is 0 Å². The van der Waals surface area contributed by atoms with Gasteiger partial charge in [-0.3, -0.25) is 0 Å². The van der Waals surface area contributed by atoms with E-state index in [1.165, 1.54) is 0 Å². The van der Waals surface area contributed by atoms with Crippen molar-refractivity contribution in [2.24, 2.45) is 0 Å². The van der Waals surface area contributed by atoms with Gasteiger partial charge in [-0.1, -0.05) is 0 Å². The normalized spacial score (nSPS) is 27.6. The molecule has 0 aliphatic heterocycles. The quantitative estimate of drug-likeness (QED) is 0.507. The fourth-order valence-electron chi connectivity index (χ4n) is 1.25. The first-order chi connectivity index (χ1) is 4.88. The van der Waals surface area contributed by atoms with Gasteiger partial charge < -0.3 is 10.2 Å². The zero-order valence-corrected chi connectivity index (χ0v) is 5.88. The molecule has 0 saturated heterocycles. The Balaban J connectivity index is 2.69. The van der Waals surface area contributed by atoms with Gasteiger partial charge in [0.1, 0.15) is 0 Å². The highest BCUT2D eigenvalue weighted by molar-refractivity contribution is 5.29. The molecule has 56 valence electrons. The molecular weight excluding hydrogens is 128 g/mol. The molecule has 1 rings (SSSR count). The summed E-state index contributed by atoms with van der Waals surface area (Å²) in [5.41, 5.74) is 1.77. The molecule has 0 radical (unpaired) electrons. The Morgan fingerprint density at radius 2 is 1.30 bits per heavy atom. The number of hydrogen-bond acceptors (Lipinski definition) is 2. The molecule has 0 bridgehead atoms. The van der Waals surface area contributed by atoms with Crippen molar-refractivity contribution in [2.75, 3.05) is 0 Å². The van der Waals surface area contributed by atoms with Gasteiger partial charge in [0.05, 0.1) is 12.5 Å². The fourth-order valence-corrected chi connectivity index (χ4v) is 1.25. The van der Waals surface area contributed by atoms with Crippen LogP contribution < -0.4 is 0 Å². The lowest BCUT2D eigenvalue weighted by Crippen LogP contribution is -1.98. The second-order valence-corrected chi connectivity index (χ2v) is 2.52. The molecule has 1 aliphatic carbocycles. The molecule has 1 aliphatic rings. The van der Waals surface area contributed by atoms with Crippen molar-refractivity contribution in [2.45, 2.75) is 25.7 Å². The third kappa shape index (κ3) is 1.32. The number of aliphatic hydroxyl groups excluding tert-OH is 2. The monoisotopic (exact) mass is 140 g/mol. The summed E-state index contributed by atoms with van der Waals surface area (Å²) in [5, 5.41) is 17.4. The third-order valence-corrected chi connectivity index (χ3v) is 1.87. The zero-order valence-electron chi connectivity index (χ0n) is 5.88. The molecule has 0 atom stereocenters. The molecule has 0 aromatic rings. The number of allylic oxidation sites excluding steroid dienone is 2. The molecule has 1 saturated carbocycles. The second-order valence-electron chi connectivity index (χ2n) is 2.52. The van der Waals surface area contributed by atoms with E-state index in [2.05, 4.69) is 0 Å². The third-order valence-electron chi connectivity index (χ3n) is 1.87. The van der Waals surface area contributed by atoms with Crippen LogP contribution in [0.4, 0.5) is 0 Å². The SMILES string of the molecule is OC=C1CCCCC1=CO. The summed E-state index contributed by atoms with van der Waals surface area (Å²) in [7, 11) is 0. The van der Waals surface area contributed by atoms with E-state index in [0.717, 1.165) is 49.4 Å². The minimum atomic E-state index is 0.883. The van der Waals surface area contributed by atoms with Crippen LogP contribution in [-0.4, -0.2) is 10.2 Å². The second kappa shape index (κ2) is 3.30. The van der Waals surface area contributed by atoms with E-state index in [1.54, 1.807) is 0 Å². The van der Waals surface area contributed by atoms with Gasteiger partial charge in [-0.2, -0.15) is 0 Å². The Labute approximate surface area is 60.5 Å². The summed E-state index contributed by atoms with van der Waals surface area (Å²) in [6.45, 7) is 0. The van der Waals surface area contributed by atoms with Crippen LogP contribution in [0.2, 0.25) is 0 Å². The predicted octanol–water partition coefficient (Wildman–Crippen LogP) is 2.44. The first-order valence-corrected chi connectivity index (χ1v) is 3.55. The van der Waals surface area contributed by atoms with Gasteiger partial charge in [0.25, 0.3) is 0 Å². The maximum atomic E-state index is 8.68. The Kier molecular flexibility index (Phi) is 2.37. The molecule has 0 unspecified atom stereocenters. The highest BCUT2D eigenvalue weighted by Crippen LogP contribution is 2.27. The lowest BCUT2D eigenvalue weighted by molar-refractivity contribution is 0.445. The van der Waals surface area contributed by atoms with Crippen LogP contribution in [0.15, 0.2) is 23.7 Å². The van der Waals surface area contributed by atoms with Crippen LogP contribution in [0.5, 0.6) is 0 Å². The molecule has 0 spiro atoms. The highest BCUT2D eigenvalue weighted by Gasteiger charge is 2.10. The van der Waals surface area contributed by atoms with E-state index in [0.29, 0.717) is 0 Å². The van der Waals surface area contributed by atoms with Gasteiger partial charge in [-0.15, -0.1) is 0 Å². The lowest BCUT2D eigenvalue weighted by atomic mass is 9.91. The van der Waals surface area contributed by atoms with Crippen LogP contribution in [0.1, 0.15) is 25.7 Å². The van der Waals surface area contributed by atoms with Crippen molar-refractivity contribution in [1.29, 1.82) is 0 Å². The summed E-state index contributed by atoms with van der Waals surface area (Å²) in [5.74, 6) is 0. The van der Waals surface area contributed by atoms with Crippen molar-refractivity contribution < 1.29 is 10.2 Å².